The van der Waals surface area contributed by atoms with Crippen molar-refractivity contribution in [1.29, 1.82) is 0 Å². The number of carbonyl (C=O) groups excluding carboxylic acids is 1. The number of sulfonamides is 2. The summed E-state index contributed by atoms with van der Waals surface area (Å²) in [6.45, 7) is -0.107. The minimum Gasteiger partial charge on any atom is -0.484 e. The molecule has 0 spiro atoms. The number of hydrogen-bond donors (Lipinski definition) is 3. The smallest absolute Gasteiger partial charge is 0.261 e. The lowest BCUT2D eigenvalue weighted by atomic mass is 10.2. The number of halogens is 1. The first kappa shape index (κ1) is 24.7. The molecule has 0 saturated carbocycles. The summed E-state index contributed by atoms with van der Waals surface area (Å²) in [5.74, 6) is -0.0793. The van der Waals surface area contributed by atoms with Crippen LogP contribution in [-0.4, -0.2) is 29.3 Å². The zero-order valence-electron chi connectivity index (χ0n) is 17.1. The summed E-state index contributed by atoms with van der Waals surface area (Å²) in [6.07, 6.45) is 0. The molecule has 174 valence electrons. The Kier molecular flexibility index (Phi) is 7.74. The van der Waals surface area contributed by atoms with E-state index >= 15 is 0 Å². The van der Waals surface area contributed by atoms with E-state index in [0.717, 1.165) is 4.47 Å². The summed E-state index contributed by atoms with van der Waals surface area (Å²) >= 11 is 3.29. The van der Waals surface area contributed by atoms with Crippen LogP contribution in [0.25, 0.3) is 0 Å². The maximum atomic E-state index is 12.5. The predicted octanol–water partition coefficient (Wildman–Crippen LogP) is 2.59. The van der Waals surface area contributed by atoms with Crippen LogP contribution in [-0.2, 0) is 31.4 Å². The van der Waals surface area contributed by atoms with Crippen LogP contribution in [0.5, 0.6) is 5.75 Å². The summed E-state index contributed by atoms with van der Waals surface area (Å²) in [5, 5.41) is 7.68. The van der Waals surface area contributed by atoms with Gasteiger partial charge in [-0.1, -0.05) is 28.1 Å². The van der Waals surface area contributed by atoms with Crippen molar-refractivity contribution in [2.75, 3.05) is 11.3 Å². The number of amides is 1. The fraction of sp³-hybridized carbons (Fsp3) is 0.0952. The van der Waals surface area contributed by atoms with Crippen molar-refractivity contribution in [1.82, 2.24) is 5.32 Å². The molecule has 12 heteroatoms. The van der Waals surface area contributed by atoms with Crippen molar-refractivity contribution in [2.24, 2.45) is 5.14 Å². The largest absolute Gasteiger partial charge is 0.484 e. The van der Waals surface area contributed by atoms with E-state index in [1.54, 1.807) is 36.4 Å². The molecule has 3 aromatic carbocycles. The number of benzene rings is 3. The van der Waals surface area contributed by atoms with Gasteiger partial charge in [0.15, 0.2) is 6.61 Å². The molecule has 0 radical (unpaired) electrons. The Balaban J connectivity index is 1.50. The minimum absolute atomic E-state index is 0.0154. The lowest BCUT2D eigenvalue weighted by molar-refractivity contribution is -0.123. The lowest BCUT2D eigenvalue weighted by Gasteiger charge is -2.10. The van der Waals surface area contributed by atoms with Crippen LogP contribution in [0, 0.1) is 0 Å². The quantitative estimate of drug-likeness (QED) is 0.371. The van der Waals surface area contributed by atoms with Crippen molar-refractivity contribution >= 4 is 47.6 Å². The van der Waals surface area contributed by atoms with Crippen LogP contribution in [0.3, 0.4) is 0 Å². The number of nitrogens with one attached hydrogen (secondary N) is 2. The van der Waals surface area contributed by atoms with E-state index in [2.05, 4.69) is 26.0 Å². The van der Waals surface area contributed by atoms with Gasteiger partial charge in [0.1, 0.15) is 5.75 Å². The first-order chi connectivity index (χ1) is 15.5. The van der Waals surface area contributed by atoms with E-state index in [1.165, 1.54) is 36.4 Å². The van der Waals surface area contributed by atoms with Crippen LogP contribution in [0.4, 0.5) is 5.69 Å². The second kappa shape index (κ2) is 10.3. The van der Waals surface area contributed by atoms with E-state index in [9.17, 15) is 21.6 Å². The van der Waals surface area contributed by atoms with Crippen molar-refractivity contribution in [3.63, 3.8) is 0 Å². The molecular weight excluding hydrogens is 534 g/mol. The molecule has 0 atom stereocenters. The molecule has 0 fully saturated rings. The van der Waals surface area contributed by atoms with Gasteiger partial charge in [-0.05, 0) is 66.2 Å². The summed E-state index contributed by atoms with van der Waals surface area (Å²) in [7, 11) is -7.54. The molecule has 3 rings (SSSR count). The van der Waals surface area contributed by atoms with Crippen molar-refractivity contribution in [3.05, 3.63) is 82.8 Å². The Bertz CT molecular complexity index is 1330. The molecule has 3 aromatic rings. The van der Waals surface area contributed by atoms with Crippen LogP contribution < -0.4 is 19.9 Å². The van der Waals surface area contributed by atoms with Gasteiger partial charge in [0.05, 0.1) is 9.79 Å². The van der Waals surface area contributed by atoms with E-state index < -0.39 is 26.0 Å². The molecule has 4 N–H and O–H groups in total. The third kappa shape index (κ3) is 7.29. The van der Waals surface area contributed by atoms with Crippen LogP contribution in [0.1, 0.15) is 5.56 Å². The van der Waals surface area contributed by atoms with Gasteiger partial charge in [-0.2, -0.15) is 0 Å². The monoisotopic (exact) mass is 553 g/mol. The molecule has 0 heterocycles. The third-order valence-electron chi connectivity index (χ3n) is 4.34. The number of ether oxygens (including phenoxy) is 1. The predicted molar refractivity (Wildman–Crippen MR) is 127 cm³/mol. The SMILES string of the molecule is NS(=O)(=O)c1ccc(CNC(=O)COc2ccc(S(=O)(=O)Nc3ccc(Br)cc3)cc2)cc1. The van der Waals surface area contributed by atoms with Crippen molar-refractivity contribution < 1.29 is 26.4 Å². The maximum Gasteiger partial charge on any atom is 0.261 e. The highest BCUT2D eigenvalue weighted by atomic mass is 79.9. The van der Waals surface area contributed by atoms with Crippen LogP contribution in [0.15, 0.2) is 87.1 Å². The highest BCUT2D eigenvalue weighted by Gasteiger charge is 2.14. The topological polar surface area (TPSA) is 145 Å². The normalized spacial score (nSPS) is 11.6. The maximum absolute atomic E-state index is 12.5. The van der Waals surface area contributed by atoms with Gasteiger partial charge in [0.25, 0.3) is 15.9 Å². The molecule has 0 unspecified atom stereocenters. The van der Waals surface area contributed by atoms with Gasteiger partial charge in [0, 0.05) is 16.7 Å². The van der Waals surface area contributed by atoms with E-state index in [1.807, 2.05) is 0 Å². The van der Waals surface area contributed by atoms with E-state index in [0.29, 0.717) is 17.0 Å². The van der Waals surface area contributed by atoms with Gasteiger partial charge >= 0.3 is 0 Å². The Morgan fingerprint density at radius 3 is 2.00 bits per heavy atom. The molecule has 0 saturated heterocycles. The number of primary sulfonamides is 1. The highest BCUT2D eigenvalue weighted by Crippen LogP contribution is 2.21. The van der Waals surface area contributed by atoms with Crippen LogP contribution in [0.2, 0.25) is 0 Å². The molecule has 9 nitrogen and oxygen atoms in total. The summed E-state index contributed by atoms with van der Waals surface area (Å²) in [4.78, 5) is 12.0. The summed E-state index contributed by atoms with van der Waals surface area (Å²) in [5.41, 5.74) is 1.11. The van der Waals surface area contributed by atoms with E-state index in [4.69, 9.17) is 9.88 Å². The van der Waals surface area contributed by atoms with E-state index in [-0.39, 0.29) is 22.9 Å². The van der Waals surface area contributed by atoms with Crippen molar-refractivity contribution in [2.45, 2.75) is 16.3 Å². The molecule has 0 aliphatic heterocycles. The van der Waals surface area contributed by atoms with Gasteiger partial charge in [0.2, 0.25) is 10.0 Å². The second-order valence-corrected chi connectivity index (χ2v) is 11.0. The number of rotatable bonds is 9. The fourth-order valence-electron chi connectivity index (χ4n) is 2.64. The minimum atomic E-state index is -3.77. The van der Waals surface area contributed by atoms with Gasteiger partial charge in [-0.15, -0.1) is 0 Å². The standard InChI is InChI=1S/C21H20BrN3O6S2/c22-16-3-5-17(6-4-16)25-33(29,30)20-11-7-18(8-12-20)31-14-21(26)24-13-15-1-9-19(10-2-15)32(23,27)28/h1-12,25H,13-14H2,(H,24,26)(H2,23,27,28). The van der Waals surface area contributed by atoms with Crippen molar-refractivity contribution in [3.8, 4) is 5.75 Å². The molecular formula is C21H20BrN3O6S2. The Morgan fingerprint density at radius 2 is 1.42 bits per heavy atom. The Hall–Kier alpha value is -2.93. The number of hydrogen-bond acceptors (Lipinski definition) is 6. The Labute approximate surface area is 200 Å². The number of carbonyl (C=O) groups is 1. The highest BCUT2D eigenvalue weighted by molar-refractivity contribution is 9.10. The fourth-order valence-corrected chi connectivity index (χ4v) is 4.48. The first-order valence-electron chi connectivity index (χ1n) is 9.43. The van der Waals surface area contributed by atoms with Gasteiger partial charge < -0.3 is 10.1 Å². The average molecular weight is 554 g/mol. The third-order valence-corrected chi connectivity index (χ3v) is 7.20. The average Bonchev–Trinajstić information content (AvgIpc) is 2.77. The summed E-state index contributed by atoms with van der Waals surface area (Å²) < 4.78 is 56.2. The second-order valence-electron chi connectivity index (χ2n) is 6.84. The zero-order valence-corrected chi connectivity index (χ0v) is 20.3. The first-order valence-corrected chi connectivity index (χ1v) is 13.2. The molecule has 0 aliphatic rings. The zero-order chi connectivity index (χ0) is 24.1. The number of anilines is 1. The van der Waals surface area contributed by atoms with Gasteiger partial charge in [-0.25, -0.2) is 22.0 Å². The van der Waals surface area contributed by atoms with Gasteiger partial charge in [-0.3, -0.25) is 9.52 Å². The molecule has 33 heavy (non-hydrogen) atoms. The Morgan fingerprint density at radius 1 is 0.848 bits per heavy atom. The van der Waals surface area contributed by atoms with Crippen LogP contribution >= 0.6 is 15.9 Å². The molecule has 1 amide bonds. The number of nitrogens with two attached hydrogens (primary N) is 1. The molecule has 0 aromatic heterocycles. The molecule has 0 bridgehead atoms. The molecule has 0 aliphatic carbocycles. The lowest BCUT2D eigenvalue weighted by Crippen LogP contribution is -2.28. The summed E-state index contributed by atoms with van der Waals surface area (Å²) in [6, 6.07) is 18.2.